The lowest BCUT2D eigenvalue weighted by molar-refractivity contribution is -0.189. The molecule has 34 heavy (non-hydrogen) atoms. The number of fused-ring (bicyclic) bond motifs is 2. The van der Waals surface area contributed by atoms with Gasteiger partial charge in [0.1, 0.15) is 11.4 Å². The van der Waals surface area contributed by atoms with Crippen molar-refractivity contribution in [3.8, 4) is 17.5 Å². The molecule has 0 N–H and O–H groups in total. The van der Waals surface area contributed by atoms with Gasteiger partial charge in [0.15, 0.2) is 6.10 Å². The van der Waals surface area contributed by atoms with Crippen LogP contribution in [-0.2, 0) is 13.1 Å². The monoisotopic (exact) mass is 466 g/mol. The highest BCUT2D eigenvalue weighted by atomic mass is 19.4. The van der Waals surface area contributed by atoms with Gasteiger partial charge in [0.25, 0.3) is 5.91 Å². The number of benzene rings is 1. The van der Waals surface area contributed by atoms with Crippen molar-refractivity contribution < 1.29 is 22.7 Å². The molecule has 1 aliphatic heterocycles. The van der Waals surface area contributed by atoms with E-state index in [4.69, 9.17) is 4.74 Å². The lowest BCUT2D eigenvalue weighted by Crippen LogP contribution is -2.32. The van der Waals surface area contributed by atoms with Gasteiger partial charge in [0.2, 0.25) is 0 Å². The molecule has 4 heterocycles. The number of halogens is 3. The predicted octanol–water partition coefficient (Wildman–Crippen LogP) is 3.88. The summed E-state index contributed by atoms with van der Waals surface area (Å²) in [5.74, 6) is -0.763. The van der Waals surface area contributed by atoms with Crippen LogP contribution in [0.3, 0.4) is 0 Å². The van der Waals surface area contributed by atoms with Gasteiger partial charge in [-0.05, 0) is 31.2 Å². The molecule has 0 spiro atoms. The molecule has 1 atom stereocenters. The summed E-state index contributed by atoms with van der Waals surface area (Å²) < 4.78 is 47.6. The van der Waals surface area contributed by atoms with E-state index in [2.05, 4.69) is 10.1 Å². The molecule has 172 valence electrons. The van der Waals surface area contributed by atoms with Crippen molar-refractivity contribution in [2.24, 2.45) is 0 Å². The summed E-state index contributed by atoms with van der Waals surface area (Å²) in [6.07, 6.45) is 0.498. The maximum atomic E-state index is 13.2. The number of imidazole rings is 1. The van der Waals surface area contributed by atoms with E-state index in [1.54, 1.807) is 10.9 Å². The third-order valence-corrected chi connectivity index (χ3v) is 5.62. The molecule has 0 aliphatic carbocycles. The Labute approximate surface area is 191 Å². The highest BCUT2D eigenvalue weighted by Crippen LogP contribution is 2.31. The van der Waals surface area contributed by atoms with Gasteiger partial charge in [-0.3, -0.25) is 4.79 Å². The number of nitrogens with zero attached hydrogens (tertiary/aromatic N) is 6. The Bertz CT molecular complexity index is 1430. The fourth-order valence-corrected chi connectivity index (χ4v) is 3.77. The van der Waals surface area contributed by atoms with Crippen molar-refractivity contribution in [1.82, 2.24) is 24.1 Å². The van der Waals surface area contributed by atoms with Crippen molar-refractivity contribution in [3.05, 3.63) is 77.5 Å². The SMILES string of the molecule is C[C@H](Oc1ccc(C#N)cc1C(=O)N1Cc2cn(-c3ccn4ccnc4c3)nc2C1)C(F)(F)F. The zero-order valence-electron chi connectivity index (χ0n) is 17.8. The van der Waals surface area contributed by atoms with Crippen molar-refractivity contribution in [2.75, 3.05) is 0 Å². The van der Waals surface area contributed by atoms with Crippen LogP contribution < -0.4 is 4.74 Å². The molecule has 0 bridgehead atoms. The molecule has 5 rings (SSSR count). The lowest BCUT2D eigenvalue weighted by atomic mass is 10.1. The Balaban J connectivity index is 1.38. The summed E-state index contributed by atoms with van der Waals surface area (Å²) in [5, 5.41) is 13.8. The van der Waals surface area contributed by atoms with Gasteiger partial charge in [-0.15, -0.1) is 0 Å². The van der Waals surface area contributed by atoms with Crippen LogP contribution in [0.25, 0.3) is 11.3 Å². The minimum atomic E-state index is -4.60. The number of nitriles is 1. The predicted molar refractivity (Wildman–Crippen MR) is 113 cm³/mol. The van der Waals surface area contributed by atoms with Gasteiger partial charge < -0.3 is 14.0 Å². The normalized spacial score (nSPS) is 14.1. The quantitative estimate of drug-likeness (QED) is 0.456. The third-order valence-electron chi connectivity index (χ3n) is 5.62. The highest BCUT2D eigenvalue weighted by Gasteiger charge is 2.39. The minimum absolute atomic E-state index is 0.0991. The van der Waals surface area contributed by atoms with Crippen LogP contribution in [-0.4, -0.2) is 42.3 Å². The lowest BCUT2D eigenvalue weighted by Gasteiger charge is -2.22. The van der Waals surface area contributed by atoms with Crippen molar-refractivity contribution in [2.45, 2.75) is 32.3 Å². The van der Waals surface area contributed by atoms with Gasteiger partial charge in [0, 0.05) is 43.0 Å². The minimum Gasteiger partial charge on any atom is -0.480 e. The Hall–Kier alpha value is -4.33. The van der Waals surface area contributed by atoms with E-state index >= 15 is 0 Å². The van der Waals surface area contributed by atoms with Crippen LogP contribution in [0.5, 0.6) is 5.75 Å². The van der Waals surface area contributed by atoms with Gasteiger partial charge >= 0.3 is 6.18 Å². The summed E-state index contributed by atoms with van der Waals surface area (Å²) >= 11 is 0. The molecule has 0 radical (unpaired) electrons. The molecule has 11 heteroatoms. The Morgan fingerprint density at radius 2 is 2.03 bits per heavy atom. The number of carbonyl (C=O) groups excluding carboxylic acids is 1. The number of aromatic nitrogens is 4. The molecule has 0 saturated heterocycles. The fourth-order valence-electron chi connectivity index (χ4n) is 3.77. The summed E-state index contributed by atoms with van der Waals surface area (Å²) in [5.41, 5.74) is 3.12. The average molecular weight is 466 g/mol. The molecule has 4 aromatic rings. The molecule has 3 aromatic heterocycles. The van der Waals surface area contributed by atoms with Crippen molar-refractivity contribution in [1.29, 1.82) is 5.26 Å². The summed E-state index contributed by atoms with van der Waals surface area (Å²) in [7, 11) is 0. The van der Waals surface area contributed by atoms with Gasteiger partial charge in [-0.25, -0.2) is 9.67 Å². The van der Waals surface area contributed by atoms with E-state index in [1.165, 1.54) is 23.1 Å². The number of hydrogen-bond acceptors (Lipinski definition) is 5. The van der Waals surface area contributed by atoms with Crippen LogP contribution in [0.4, 0.5) is 13.2 Å². The summed E-state index contributed by atoms with van der Waals surface area (Å²) in [4.78, 5) is 18.9. The first kappa shape index (κ1) is 21.5. The van der Waals surface area contributed by atoms with Crippen LogP contribution in [0.15, 0.2) is 55.1 Å². The van der Waals surface area contributed by atoms with E-state index in [9.17, 15) is 23.2 Å². The standard InChI is InChI=1S/C23H17F3N6O2/c1-14(23(24,25)26)34-20-3-2-15(10-27)8-18(20)22(33)31-11-16-12-32(29-19(16)13-31)17-4-6-30-7-5-28-21(30)9-17/h2-9,12,14H,11,13H2,1H3/t14-/m0/s1. The molecular formula is C23H17F3N6O2. The second-order valence-electron chi connectivity index (χ2n) is 7.91. The number of alkyl halides is 3. The zero-order valence-corrected chi connectivity index (χ0v) is 17.8. The zero-order chi connectivity index (χ0) is 24.0. The molecule has 0 unspecified atom stereocenters. The number of rotatable bonds is 4. The molecule has 1 aromatic carbocycles. The van der Waals surface area contributed by atoms with Crippen LogP contribution in [0.1, 0.15) is 34.1 Å². The van der Waals surface area contributed by atoms with Gasteiger partial charge in [-0.1, -0.05) is 0 Å². The molecule has 1 aliphatic rings. The van der Waals surface area contributed by atoms with Crippen LogP contribution >= 0.6 is 0 Å². The van der Waals surface area contributed by atoms with Crippen molar-refractivity contribution in [3.63, 3.8) is 0 Å². The maximum Gasteiger partial charge on any atom is 0.425 e. The number of ether oxygens (including phenoxy) is 1. The first-order valence-electron chi connectivity index (χ1n) is 10.3. The highest BCUT2D eigenvalue weighted by molar-refractivity contribution is 5.97. The molecular weight excluding hydrogens is 449 g/mol. The Kier molecular flexibility index (Phi) is 5.01. The molecule has 0 fully saturated rings. The molecule has 0 saturated carbocycles. The number of hydrogen-bond donors (Lipinski definition) is 0. The van der Waals surface area contributed by atoms with E-state index in [1.807, 2.05) is 41.2 Å². The summed E-state index contributed by atoms with van der Waals surface area (Å²) in [6.45, 7) is 1.27. The fraction of sp³-hybridized carbons (Fsp3) is 0.217. The molecule has 1 amide bonds. The second kappa shape index (κ2) is 7.91. The van der Waals surface area contributed by atoms with Gasteiger partial charge in [-0.2, -0.15) is 23.5 Å². The smallest absolute Gasteiger partial charge is 0.425 e. The third kappa shape index (κ3) is 3.83. The van der Waals surface area contributed by atoms with Crippen molar-refractivity contribution >= 4 is 11.6 Å². The number of carbonyl (C=O) groups is 1. The maximum absolute atomic E-state index is 13.2. The Morgan fingerprint density at radius 1 is 1.21 bits per heavy atom. The summed E-state index contributed by atoms with van der Waals surface area (Å²) in [6, 6.07) is 9.45. The number of amides is 1. The van der Waals surface area contributed by atoms with Crippen LogP contribution in [0, 0.1) is 11.3 Å². The molecule has 8 nitrogen and oxygen atoms in total. The first-order valence-corrected chi connectivity index (χ1v) is 10.3. The largest absolute Gasteiger partial charge is 0.480 e. The van der Waals surface area contributed by atoms with E-state index in [0.717, 1.165) is 23.8 Å². The second-order valence-corrected chi connectivity index (χ2v) is 7.91. The van der Waals surface area contributed by atoms with Crippen LogP contribution in [0.2, 0.25) is 0 Å². The van der Waals surface area contributed by atoms with Gasteiger partial charge in [0.05, 0.1) is 35.1 Å². The van der Waals surface area contributed by atoms with E-state index in [0.29, 0.717) is 5.69 Å². The average Bonchev–Trinajstić information content (AvgIpc) is 3.52. The Morgan fingerprint density at radius 3 is 2.76 bits per heavy atom. The van der Waals surface area contributed by atoms with E-state index < -0.39 is 18.2 Å². The topological polar surface area (TPSA) is 88.5 Å². The number of pyridine rings is 1. The first-order chi connectivity index (χ1) is 16.2. The van der Waals surface area contributed by atoms with E-state index in [-0.39, 0.29) is 30.0 Å².